The van der Waals surface area contributed by atoms with Crippen LogP contribution in [-0.4, -0.2) is 16.9 Å². The van der Waals surface area contributed by atoms with E-state index in [0.29, 0.717) is 0 Å². The van der Waals surface area contributed by atoms with E-state index in [1.807, 2.05) is 19.2 Å². The Labute approximate surface area is 106 Å². The highest BCUT2D eigenvalue weighted by Crippen LogP contribution is 2.33. The number of aromatic nitrogens is 2. The van der Waals surface area contributed by atoms with Gasteiger partial charge in [-0.1, -0.05) is 0 Å². The van der Waals surface area contributed by atoms with Gasteiger partial charge in [-0.25, -0.2) is 0 Å². The van der Waals surface area contributed by atoms with Crippen molar-refractivity contribution in [2.45, 2.75) is 6.04 Å². The summed E-state index contributed by atoms with van der Waals surface area (Å²) in [5.74, 6) is 0.722. The summed E-state index contributed by atoms with van der Waals surface area (Å²) in [6.45, 7) is 0. The van der Waals surface area contributed by atoms with E-state index in [0.717, 1.165) is 20.1 Å². The summed E-state index contributed by atoms with van der Waals surface area (Å²) < 4.78 is 8.06. The van der Waals surface area contributed by atoms with Gasteiger partial charge in [0.15, 0.2) is 5.75 Å². The number of rotatable bonds is 3. The number of thiophene rings is 1. The summed E-state index contributed by atoms with van der Waals surface area (Å²) in [7, 11) is 3.48. The number of hydrogen-bond acceptors (Lipinski definition) is 4. The Balaban J connectivity index is 2.40. The number of methoxy groups -OCH3 is 1. The zero-order chi connectivity index (χ0) is 11.7. The van der Waals surface area contributed by atoms with Crippen molar-refractivity contribution < 1.29 is 4.74 Å². The summed E-state index contributed by atoms with van der Waals surface area (Å²) in [6, 6.07) is 3.79. The molecule has 0 aliphatic heterocycles. The molecule has 4 nitrogen and oxygen atoms in total. The Morgan fingerprint density at radius 3 is 2.88 bits per heavy atom. The van der Waals surface area contributed by atoms with E-state index in [1.165, 1.54) is 0 Å². The van der Waals surface area contributed by atoms with Crippen molar-refractivity contribution in [3.8, 4) is 5.75 Å². The first-order valence-corrected chi connectivity index (χ1v) is 6.31. The van der Waals surface area contributed by atoms with Gasteiger partial charge in [-0.05, 0) is 28.1 Å². The molecule has 0 saturated heterocycles. The van der Waals surface area contributed by atoms with Gasteiger partial charge in [0.05, 0.1) is 23.1 Å². The Hall–Kier alpha value is -0.850. The third kappa shape index (κ3) is 2.00. The van der Waals surface area contributed by atoms with E-state index in [1.54, 1.807) is 29.3 Å². The predicted octanol–water partition coefficient (Wildman–Crippen LogP) is 2.30. The molecule has 0 bridgehead atoms. The molecule has 2 aromatic heterocycles. The average molecular weight is 302 g/mol. The molecule has 0 saturated carbocycles. The van der Waals surface area contributed by atoms with E-state index in [9.17, 15) is 0 Å². The summed E-state index contributed by atoms with van der Waals surface area (Å²) >= 11 is 5.04. The lowest BCUT2D eigenvalue weighted by Gasteiger charge is -2.12. The molecular weight excluding hydrogens is 290 g/mol. The second-order valence-corrected chi connectivity index (χ2v) is 5.84. The van der Waals surface area contributed by atoms with Gasteiger partial charge in [0.2, 0.25) is 0 Å². The molecule has 0 amide bonds. The summed E-state index contributed by atoms with van der Waals surface area (Å²) in [4.78, 5) is 1.08. The molecule has 0 aliphatic rings. The number of nitrogens with two attached hydrogens (primary N) is 1. The lowest BCUT2D eigenvalue weighted by atomic mass is 10.2. The SMILES string of the molecule is COc1cnn(C)c1C(N)c1ccc(Br)s1. The maximum atomic E-state index is 6.20. The largest absolute Gasteiger partial charge is 0.493 e. The zero-order valence-corrected chi connectivity index (χ0v) is 11.4. The maximum absolute atomic E-state index is 6.20. The molecule has 2 rings (SSSR count). The summed E-state index contributed by atoms with van der Waals surface area (Å²) in [6.07, 6.45) is 1.68. The van der Waals surface area contributed by atoms with Gasteiger partial charge in [-0.2, -0.15) is 5.10 Å². The molecule has 1 unspecified atom stereocenters. The van der Waals surface area contributed by atoms with Crippen LogP contribution in [0.4, 0.5) is 0 Å². The van der Waals surface area contributed by atoms with Crippen molar-refractivity contribution in [2.24, 2.45) is 12.8 Å². The first kappa shape index (κ1) is 11.6. The molecule has 0 aromatic carbocycles. The van der Waals surface area contributed by atoms with Crippen LogP contribution < -0.4 is 10.5 Å². The second kappa shape index (κ2) is 4.57. The van der Waals surface area contributed by atoms with Crippen LogP contribution >= 0.6 is 27.3 Å². The lowest BCUT2D eigenvalue weighted by molar-refractivity contribution is 0.406. The van der Waals surface area contributed by atoms with E-state index < -0.39 is 0 Å². The standard InChI is InChI=1S/C10H12BrN3OS/c1-14-10(6(15-2)5-13-14)9(12)7-3-4-8(11)16-7/h3-5,9H,12H2,1-2H3. The monoisotopic (exact) mass is 301 g/mol. The minimum absolute atomic E-state index is 0.209. The fourth-order valence-corrected chi connectivity index (χ4v) is 3.00. The van der Waals surface area contributed by atoms with Crippen molar-refractivity contribution in [1.82, 2.24) is 9.78 Å². The summed E-state index contributed by atoms with van der Waals surface area (Å²) in [5, 5.41) is 4.15. The van der Waals surface area contributed by atoms with Gasteiger partial charge in [0, 0.05) is 11.9 Å². The van der Waals surface area contributed by atoms with Gasteiger partial charge >= 0.3 is 0 Å². The summed E-state index contributed by atoms with van der Waals surface area (Å²) in [5.41, 5.74) is 7.09. The number of hydrogen-bond donors (Lipinski definition) is 1. The Bertz CT molecular complexity index is 494. The molecule has 86 valence electrons. The highest BCUT2D eigenvalue weighted by atomic mass is 79.9. The molecular formula is C10H12BrN3OS. The molecule has 6 heteroatoms. The lowest BCUT2D eigenvalue weighted by Crippen LogP contribution is -2.15. The normalized spacial score (nSPS) is 12.8. The van der Waals surface area contributed by atoms with Gasteiger partial charge in [0.1, 0.15) is 5.69 Å². The van der Waals surface area contributed by atoms with Crippen LogP contribution in [0.3, 0.4) is 0 Å². The van der Waals surface area contributed by atoms with Crippen molar-refractivity contribution in [2.75, 3.05) is 7.11 Å². The molecule has 0 spiro atoms. The smallest absolute Gasteiger partial charge is 0.161 e. The molecule has 2 aromatic rings. The Morgan fingerprint density at radius 1 is 1.56 bits per heavy atom. The molecule has 2 N–H and O–H groups in total. The van der Waals surface area contributed by atoms with Crippen LogP contribution in [-0.2, 0) is 7.05 Å². The highest BCUT2D eigenvalue weighted by molar-refractivity contribution is 9.11. The van der Waals surface area contributed by atoms with Crippen molar-refractivity contribution in [3.05, 3.63) is 32.7 Å². The van der Waals surface area contributed by atoms with Crippen LogP contribution in [0, 0.1) is 0 Å². The number of halogens is 1. The van der Waals surface area contributed by atoms with Crippen LogP contribution in [0.25, 0.3) is 0 Å². The van der Waals surface area contributed by atoms with Gasteiger partial charge in [-0.3, -0.25) is 4.68 Å². The Kier molecular flexibility index (Phi) is 3.32. The van der Waals surface area contributed by atoms with Crippen LogP contribution in [0.5, 0.6) is 5.75 Å². The number of nitrogens with zero attached hydrogens (tertiary/aromatic N) is 2. The topological polar surface area (TPSA) is 53.1 Å². The molecule has 16 heavy (non-hydrogen) atoms. The van der Waals surface area contributed by atoms with Crippen molar-refractivity contribution >= 4 is 27.3 Å². The predicted molar refractivity (Wildman–Crippen MR) is 67.8 cm³/mol. The molecule has 1 atom stereocenters. The van der Waals surface area contributed by atoms with Crippen molar-refractivity contribution in [1.29, 1.82) is 0 Å². The maximum Gasteiger partial charge on any atom is 0.161 e. The van der Waals surface area contributed by atoms with Crippen LogP contribution in [0.2, 0.25) is 0 Å². The molecule has 2 heterocycles. The third-order valence-electron chi connectivity index (χ3n) is 2.36. The van der Waals surface area contributed by atoms with Gasteiger partial charge in [0.25, 0.3) is 0 Å². The number of aryl methyl sites for hydroxylation is 1. The minimum Gasteiger partial charge on any atom is -0.493 e. The third-order valence-corrected chi connectivity index (χ3v) is 4.07. The highest BCUT2D eigenvalue weighted by Gasteiger charge is 2.19. The first-order chi connectivity index (χ1) is 7.63. The fraction of sp³-hybridized carbons (Fsp3) is 0.300. The van der Waals surface area contributed by atoms with Gasteiger partial charge in [-0.15, -0.1) is 11.3 Å². The van der Waals surface area contributed by atoms with E-state index in [4.69, 9.17) is 10.5 Å². The molecule has 0 fully saturated rings. The fourth-order valence-electron chi connectivity index (χ4n) is 1.57. The quantitative estimate of drug-likeness (QED) is 0.946. The molecule has 0 radical (unpaired) electrons. The first-order valence-electron chi connectivity index (χ1n) is 4.70. The average Bonchev–Trinajstić information content (AvgIpc) is 2.83. The van der Waals surface area contributed by atoms with Crippen LogP contribution in [0.15, 0.2) is 22.1 Å². The van der Waals surface area contributed by atoms with Crippen molar-refractivity contribution in [3.63, 3.8) is 0 Å². The Morgan fingerprint density at radius 2 is 2.31 bits per heavy atom. The van der Waals surface area contributed by atoms with E-state index >= 15 is 0 Å². The second-order valence-electron chi connectivity index (χ2n) is 3.34. The van der Waals surface area contributed by atoms with Crippen LogP contribution in [0.1, 0.15) is 16.6 Å². The van der Waals surface area contributed by atoms with E-state index in [-0.39, 0.29) is 6.04 Å². The molecule has 0 aliphatic carbocycles. The zero-order valence-electron chi connectivity index (χ0n) is 8.98. The van der Waals surface area contributed by atoms with Gasteiger partial charge < -0.3 is 10.5 Å². The van der Waals surface area contributed by atoms with E-state index in [2.05, 4.69) is 21.0 Å². The number of ether oxygens (including phenoxy) is 1. The minimum atomic E-state index is -0.209.